The fourth-order valence-electron chi connectivity index (χ4n) is 1.60. The highest BCUT2D eigenvalue weighted by molar-refractivity contribution is 7.66. The first-order valence-corrected chi connectivity index (χ1v) is 7.51. The van der Waals surface area contributed by atoms with Crippen molar-refractivity contribution in [1.29, 1.82) is 0 Å². The predicted molar refractivity (Wildman–Crippen MR) is 74.8 cm³/mol. The Bertz CT molecular complexity index is 483. The van der Waals surface area contributed by atoms with Gasteiger partial charge >= 0.3 is 0 Å². The van der Waals surface area contributed by atoms with E-state index >= 15 is 0 Å². The molecule has 1 aromatic carbocycles. The molecular formula is C13H20NO3P. The maximum atomic E-state index is 12.4. The monoisotopic (exact) mass is 269 g/mol. The number of nitrogens with one attached hydrogen (secondary N) is 1. The third-order valence-corrected chi connectivity index (χ3v) is 5.11. The molecule has 0 saturated heterocycles. The zero-order valence-electron chi connectivity index (χ0n) is 11.2. The van der Waals surface area contributed by atoms with E-state index in [0.717, 1.165) is 11.3 Å². The van der Waals surface area contributed by atoms with Crippen LogP contribution in [0.5, 0.6) is 0 Å². The van der Waals surface area contributed by atoms with Crippen LogP contribution in [0.2, 0.25) is 0 Å². The van der Waals surface area contributed by atoms with E-state index in [0.29, 0.717) is 5.30 Å². The van der Waals surface area contributed by atoms with Crippen LogP contribution in [0.15, 0.2) is 30.0 Å². The van der Waals surface area contributed by atoms with Crippen LogP contribution >= 0.6 is 7.37 Å². The molecule has 0 aliphatic heterocycles. The second-order valence-electron chi connectivity index (χ2n) is 4.41. The van der Waals surface area contributed by atoms with Gasteiger partial charge in [-0.15, -0.1) is 0 Å². The molecule has 1 unspecified atom stereocenters. The predicted octanol–water partition coefficient (Wildman–Crippen LogP) is 2.50. The molecule has 1 atom stereocenters. The molecule has 100 valence electrons. The van der Waals surface area contributed by atoms with E-state index < -0.39 is 7.37 Å². The minimum Gasteiger partial charge on any atom is -0.341 e. The lowest BCUT2D eigenvalue weighted by molar-refractivity contribution is 0.119. The summed E-state index contributed by atoms with van der Waals surface area (Å²) >= 11 is 0. The van der Waals surface area contributed by atoms with Gasteiger partial charge in [-0.1, -0.05) is 32.0 Å². The highest BCUT2D eigenvalue weighted by Gasteiger charge is 2.27. The quantitative estimate of drug-likeness (QED) is 0.637. The molecule has 0 aliphatic rings. The van der Waals surface area contributed by atoms with Crippen LogP contribution < -0.4 is 10.8 Å². The van der Waals surface area contributed by atoms with Crippen molar-refractivity contribution in [2.45, 2.75) is 26.4 Å². The number of hydrogen-bond donors (Lipinski definition) is 2. The molecule has 1 rings (SSSR count). The summed E-state index contributed by atoms with van der Waals surface area (Å²) in [7, 11) is -1.82. The average molecular weight is 269 g/mol. The molecule has 4 nitrogen and oxygen atoms in total. The summed E-state index contributed by atoms with van der Waals surface area (Å²) in [5.41, 5.74) is 3.90. The van der Waals surface area contributed by atoms with Gasteiger partial charge in [-0.2, -0.15) is 0 Å². The highest BCUT2D eigenvalue weighted by atomic mass is 31.2. The molecule has 0 aromatic heterocycles. The van der Waals surface area contributed by atoms with Crippen molar-refractivity contribution in [3.63, 3.8) is 0 Å². The largest absolute Gasteiger partial charge is 0.341 e. The van der Waals surface area contributed by atoms with Gasteiger partial charge in [-0.3, -0.25) is 14.9 Å². The number of rotatable bonds is 5. The molecule has 0 bridgehead atoms. The Morgan fingerprint density at radius 2 is 2.06 bits per heavy atom. The van der Waals surface area contributed by atoms with Crippen LogP contribution in [-0.4, -0.2) is 17.7 Å². The Kier molecular flexibility index (Phi) is 5.15. The van der Waals surface area contributed by atoms with E-state index in [-0.39, 0.29) is 5.66 Å². The normalized spacial score (nSPS) is 15.6. The van der Waals surface area contributed by atoms with Crippen molar-refractivity contribution in [2.24, 2.45) is 0 Å². The molecule has 18 heavy (non-hydrogen) atoms. The summed E-state index contributed by atoms with van der Waals surface area (Å²) in [5, 5.41) is 0.484. The van der Waals surface area contributed by atoms with Gasteiger partial charge in [-0.25, -0.2) is 0 Å². The van der Waals surface area contributed by atoms with Crippen LogP contribution in [0.25, 0.3) is 6.08 Å². The average Bonchev–Trinajstić information content (AvgIpc) is 2.29. The summed E-state index contributed by atoms with van der Waals surface area (Å²) in [6.07, 6.45) is 1.80. The van der Waals surface area contributed by atoms with E-state index in [1.807, 2.05) is 19.1 Å². The summed E-state index contributed by atoms with van der Waals surface area (Å²) in [5.74, 6) is 0. The Balaban J connectivity index is 3.23. The van der Waals surface area contributed by atoms with E-state index in [1.165, 1.54) is 7.11 Å². The van der Waals surface area contributed by atoms with Crippen molar-refractivity contribution >= 4 is 18.7 Å². The molecule has 0 amide bonds. The van der Waals surface area contributed by atoms with Crippen molar-refractivity contribution in [2.75, 3.05) is 7.11 Å². The third-order valence-electron chi connectivity index (χ3n) is 2.62. The van der Waals surface area contributed by atoms with Crippen molar-refractivity contribution < 1.29 is 14.3 Å². The first-order chi connectivity index (χ1) is 8.39. The Labute approximate surface area is 108 Å². The molecule has 2 N–H and O–H groups in total. The lowest BCUT2D eigenvalue weighted by Gasteiger charge is -2.18. The van der Waals surface area contributed by atoms with E-state index in [4.69, 9.17) is 4.84 Å². The van der Waals surface area contributed by atoms with Crippen LogP contribution in [-0.2, 0) is 9.40 Å². The van der Waals surface area contributed by atoms with Crippen molar-refractivity contribution in [1.82, 2.24) is 5.48 Å². The maximum absolute atomic E-state index is 12.4. The third kappa shape index (κ3) is 3.45. The van der Waals surface area contributed by atoms with Gasteiger partial charge in [0.25, 0.3) is 0 Å². The molecule has 5 heteroatoms. The first-order valence-electron chi connectivity index (χ1n) is 5.79. The lowest BCUT2D eigenvalue weighted by Crippen LogP contribution is -2.16. The minimum absolute atomic E-state index is 0.303. The second-order valence-corrected chi connectivity index (χ2v) is 7.17. The SMILES string of the molecule is CON/C(C)=C/c1ccccc1P(=O)(O)C(C)C. The van der Waals surface area contributed by atoms with Crippen molar-refractivity contribution in [3.8, 4) is 0 Å². The molecule has 0 saturated carbocycles. The Morgan fingerprint density at radius 1 is 1.44 bits per heavy atom. The van der Waals surface area contributed by atoms with E-state index in [1.54, 1.807) is 32.1 Å². The lowest BCUT2D eigenvalue weighted by atomic mass is 10.2. The highest BCUT2D eigenvalue weighted by Crippen LogP contribution is 2.45. The topological polar surface area (TPSA) is 58.6 Å². The molecule has 0 aliphatic carbocycles. The van der Waals surface area contributed by atoms with Gasteiger partial charge in [0.15, 0.2) is 0 Å². The van der Waals surface area contributed by atoms with Crippen LogP contribution in [0, 0.1) is 0 Å². The molecule has 0 radical (unpaired) electrons. The number of hydrogen-bond acceptors (Lipinski definition) is 3. The van der Waals surface area contributed by atoms with Crippen LogP contribution in [0.3, 0.4) is 0 Å². The van der Waals surface area contributed by atoms with Crippen molar-refractivity contribution in [3.05, 3.63) is 35.5 Å². The molecule has 0 heterocycles. The second kappa shape index (κ2) is 6.19. The number of hydroxylamine groups is 1. The zero-order chi connectivity index (χ0) is 13.8. The summed E-state index contributed by atoms with van der Waals surface area (Å²) in [4.78, 5) is 15.0. The van der Waals surface area contributed by atoms with Gasteiger partial charge < -0.3 is 4.89 Å². The van der Waals surface area contributed by atoms with Gasteiger partial charge in [0.1, 0.15) is 0 Å². The standard InChI is InChI=1S/C13H20NO3P/c1-10(2)18(15,16)13-8-6-5-7-12(13)9-11(3)14-17-4/h5-10,14H,1-4H3,(H,15,16)/b11-9+. The first kappa shape index (κ1) is 15.0. The van der Waals surface area contributed by atoms with Gasteiger partial charge in [-0.05, 0) is 24.6 Å². The fraction of sp³-hybridized carbons (Fsp3) is 0.385. The molecule has 0 spiro atoms. The Hall–Kier alpha value is -1.09. The summed E-state index contributed by atoms with van der Waals surface area (Å²) in [6.45, 7) is 5.33. The fourth-order valence-corrected chi connectivity index (χ4v) is 2.97. The zero-order valence-corrected chi connectivity index (χ0v) is 12.1. The van der Waals surface area contributed by atoms with Crippen LogP contribution in [0.1, 0.15) is 26.3 Å². The molecule has 0 fully saturated rings. The summed E-state index contributed by atoms with van der Waals surface area (Å²) < 4.78 is 12.4. The van der Waals surface area contributed by atoms with Gasteiger partial charge in [0, 0.05) is 16.7 Å². The minimum atomic E-state index is -3.34. The maximum Gasteiger partial charge on any atom is 0.232 e. The van der Waals surface area contributed by atoms with Gasteiger partial charge in [0.2, 0.25) is 7.37 Å². The molecular weight excluding hydrogens is 249 g/mol. The Morgan fingerprint density at radius 3 is 2.61 bits per heavy atom. The molecule has 1 aromatic rings. The van der Waals surface area contributed by atoms with Gasteiger partial charge in [0.05, 0.1) is 7.11 Å². The summed E-state index contributed by atoms with van der Waals surface area (Å²) in [6, 6.07) is 7.14. The van der Waals surface area contributed by atoms with Crippen LogP contribution in [0.4, 0.5) is 0 Å². The smallest absolute Gasteiger partial charge is 0.232 e. The number of allylic oxidation sites excluding steroid dienone is 1. The van der Waals surface area contributed by atoms with E-state index in [9.17, 15) is 9.46 Å². The van der Waals surface area contributed by atoms with E-state index in [2.05, 4.69) is 5.48 Å². The number of benzene rings is 1.